The molecule has 4 nitrogen and oxygen atoms in total. The van der Waals surface area contributed by atoms with Gasteiger partial charge in [0.25, 0.3) is 0 Å². The molecule has 1 aromatic heterocycles. The fourth-order valence-electron chi connectivity index (χ4n) is 1.79. The molecule has 0 saturated heterocycles. The van der Waals surface area contributed by atoms with E-state index >= 15 is 0 Å². The minimum Gasteiger partial charge on any atom is -0.330 e. The van der Waals surface area contributed by atoms with E-state index in [1.165, 1.54) is 0 Å². The molecule has 1 aromatic carbocycles. The zero-order chi connectivity index (χ0) is 11.5. The summed E-state index contributed by atoms with van der Waals surface area (Å²) in [6.45, 7) is 2.51. The van der Waals surface area contributed by atoms with Gasteiger partial charge in [0.05, 0.1) is 5.69 Å². The molecule has 0 unspecified atom stereocenters. The lowest BCUT2D eigenvalue weighted by Gasteiger charge is -2.06. The first-order valence-corrected chi connectivity index (χ1v) is 5.29. The normalized spacial score (nSPS) is 10.6. The van der Waals surface area contributed by atoms with E-state index in [1.807, 2.05) is 31.2 Å². The van der Waals surface area contributed by atoms with Gasteiger partial charge in [0.15, 0.2) is 0 Å². The Labute approximate surface area is 93.7 Å². The second-order valence-electron chi connectivity index (χ2n) is 3.78. The van der Waals surface area contributed by atoms with Crippen LogP contribution in [-0.2, 0) is 6.42 Å². The number of nitrogens with zero attached hydrogens (tertiary/aromatic N) is 1. The molecule has 0 atom stereocenters. The van der Waals surface area contributed by atoms with E-state index in [-0.39, 0.29) is 5.69 Å². The Kier molecular flexibility index (Phi) is 2.92. The average Bonchev–Trinajstić information content (AvgIpc) is 2.59. The van der Waals surface area contributed by atoms with Crippen LogP contribution in [-0.4, -0.2) is 16.1 Å². The Morgan fingerprint density at radius 1 is 1.44 bits per heavy atom. The number of nitrogens with one attached hydrogen (secondary N) is 1. The van der Waals surface area contributed by atoms with Crippen molar-refractivity contribution in [3.05, 3.63) is 52.2 Å². The SMILES string of the molecule is Cc1c[nH]c(=O)n1-c1cccc(CCN)c1. The van der Waals surface area contributed by atoms with Crippen LogP contribution in [0.4, 0.5) is 0 Å². The molecule has 4 heteroatoms. The van der Waals surface area contributed by atoms with Gasteiger partial charge < -0.3 is 10.7 Å². The lowest BCUT2D eigenvalue weighted by atomic mass is 10.1. The van der Waals surface area contributed by atoms with Crippen LogP contribution in [0, 0.1) is 6.92 Å². The zero-order valence-electron chi connectivity index (χ0n) is 9.23. The summed E-state index contributed by atoms with van der Waals surface area (Å²) >= 11 is 0. The van der Waals surface area contributed by atoms with Crippen LogP contribution in [0.2, 0.25) is 0 Å². The zero-order valence-corrected chi connectivity index (χ0v) is 9.23. The van der Waals surface area contributed by atoms with Gasteiger partial charge in [0.1, 0.15) is 0 Å². The Morgan fingerprint density at radius 3 is 2.88 bits per heavy atom. The number of imidazole rings is 1. The van der Waals surface area contributed by atoms with E-state index in [0.717, 1.165) is 23.4 Å². The molecule has 0 aliphatic rings. The summed E-state index contributed by atoms with van der Waals surface area (Å²) < 4.78 is 1.65. The van der Waals surface area contributed by atoms with Gasteiger partial charge >= 0.3 is 5.69 Å². The van der Waals surface area contributed by atoms with Crippen molar-refractivity contribution in [2.24, 2.45) is 5.73 Å². The third kappa shape index (κ3) is 1.92. The number of benzene rings is 1. The maximum absolute atomic E-state index is 11.6. The fraction of sp³-hybridized carbons (Fsp3) is 0.250. The van der Waals surface area contributed by atoms with Crippen molar-refractivity contribution in [1.82, 2.24) is 9.55 Å². The number of aromatic amines is 1. The highest BCUT2D eigenvalue weighted by atomic mass is 16.1. The molecule has 2 rings (SSSR count). The van der Waals surface area contributed by atoms with Gasteiger partial charge in [-0.15, -0.1) is 0 Å². The van der Waals surface area contributed by atoms with E-state index in [4.69, 9.17) is 5.73 Å². The van der Waals surface area contributed by atoms with Crippen LogP contribution in [0.25, 0.3) is 5.69 Å². The molecule has 0 saturated carbocycles. The number of aryl methyl sites for hydroxylation is 1. The third-order valence-electron chi connectivity index (χ3n) is 2.56. The largest absolute Gasteiger partial charge is 0.330 e. The van der Waals surface area contributed by atoms with Crippen molar-refractivity contribution in [2.45, 2.75) is 13.3 Å². The van der Waals surface area contributed by atoms with E-state index in [9.17, 15) is 4.79 Å². The van der Waals surface area contributed by atoms with Gasteiger partial charge in [0, 0.05) is 11.9 Å². The van der Waals surface area contributed by atoms with E-state index < -0.39 is 0 Å². The Balaban J connectivity index is 2.48. The van der Waals surface area contributed by atoms with E-state index in [1.54, 1.807) is 10.8 Å². The second kappa shape index (κ2) is 4.37. The number of aromatic nitrogens is 2. The molecule has 1 heterocycles. The predicted octanol–water partition coefficient (Wildman–Crippen LogP) is 0.975. The Bertz CT molecular complexity index is 539. The lowest BCUT2D eigenvalue weighted by Crippen LogP contribution is -2.16. The lowest BCUT2D eigenvalue weighted by molar-refractivity contribution is 0.930. The summed E-state index contributed by atoms with van der Waals surface area (Å²) in [5.74, 6) is 0. The van der Waals surface area contributed by atoms with E-state index in [2.05, 4.69) is 4.98 Å². The molecule has 16 heavy (non-hydrogen) atoms. The molecule has 3 N–H and O–H groups in total. The average molecular weight is 217 g/mol. The first-order chi connectivity index (χ1) is 7.72. The third-order valence-corrected chi connectivity index (χ3v) is 2.56. The molecule has 84 valence electrons. The van der Waals surface area contributed by atoms with Crippen LogP contribution < -0.4 is 11.4 Å². The van der Waals surface area contributed by atoms with Crippen LogP contribution in [0.3, 0.4) is 0 Å². The Hall–Kier alpha value is -1.81. The van der Waals surface area contributed by atoms with Gasteiger partial charge in [-0.1, -0.05) is 12.1 Å². The number of rotatable bonds is 3. The topological polar surface area (TPSA) is 63.8 Å². The van der Waals surface area contributed by atoms with Gasteiger partial charge in [0.2, 0.25) is 0 Å². The number of hydrogen-bond donors (Lipinski definition) is 2. The van der Waals surface area contributed by atoms with Crippen molar-refractivity contribution in [3.63, 3.8) is 0 Å². The van der Waals surface area contributed by atoms with Crippen molar-refractivity contribution in [1.29, 1.82) is 0 Å². The number of nitrogens with two attached hydrogens (primary N) is 1. The number of H-pyrrole nitrogens is 1. The summed E-state index contributed by atoms with van der Waals surface area (Å²) in [5, 5.41) is 0. The van der Waals surface area contributed by atoms with Crippen molar-refractivity contribution < 1.29 is 0 Å². The summed E-state index contributed by atoms with van der Waals surface area (Å²) in [6.07, 6.45) is 2.53. The standard InChI is InChI=1S/C12H15N3O/c1-9-8-14-12(16)15(9)11-4-2-3-10(7-11)5-6-13/h2-4,7-8H,5-6,13H2,1H3,(H,14,16). The monoisotopic (exact) mass is 217 g/mol. The molecule has 0 fully saturated rings. The van der Waals surface area contributed by atoms with Crippen LogP contribution in [0.15, 0.2) is 35.3 Å². The van der Waals surface area contributed by atoms with Gasteiger partial charge in [-0.3, -0.25) is 4.57 Å². The minimum absolute atomic E-state index is 0.109. The summed E-state index contributed by atoms with van der Waals surface area (Å²) in [6, 6.07) is 7.87. The number of hydrogen-bond acceptors (Lipinski definition) is 2. The van der Waals surface area contributed by atoms with Crippen molar-refractivity contribution >= 4 is 0 Å². The molecule has 0 amide bonds. The fourth-order valence-corrected chi connectivity index (χ4v) is 1.79. The first-order valence-electron chi connectivity index (χ1n) is 5.29. The molecular formula is C12H15N3O. The molecule has 0 aliphatic carbocycles. The van der Waals surface area contributed by atoms with Gasteiger partial charge in [-0.2, -0.15) is 0 Å². The molecular weight excluding hydrogens is 202 g/mol. The van der Waals surface area contributed by atoms with Gasteiger partial charge in [-0.05, 0) is 37.6 Å². The van der Waals surface area contributed by atoms with Gasteiger partial charge in [-0.25, -0.2) is 4.79 Å². The first kappa shape index (κ1) is 10.7. The quantitative estimate of drug-likeness (QED) is 0.804. The van der Waals surface area contributed by atoms with Crippen molar-refractivity contribution in [3.8, 4) is 5.69 Å². The highest BCUT2D eigenvalue weighted by Crippen LogP contribution is 2.10. The molecule has 0 radical (unpaired) electrons. The minimum atomic E-state index is -0.109. The molecule has 2 aromatic rings. The van der Waals surface area contributed by atoms with Crippen LogP contribution >= 0.6 is 0 Å². The summed E-state index contributed by atoms with van der Waals surface area (Å²) in [5.41, 5.74) is 8.33. The summed E-state index contributed by atoms with van der Waals surface area (Å²) in [7, 11) is 0. The predicted molar refractivity (Wildman–Crippen MR) is 63.9 cm³/mol. The molecule has 0 aliphatic heterocycles. The highest BCUT2D eigenvalue weighted by molar-refractivity contribution is 5.37. The van der Waals surface area contributed by atoms with Crippen molar-refractivity contribution in [2.75, 3.05) is 6.54 Å². The highest BCUT2D eigenvalue weighted by Gasteiger charge is 2.04. The molecule has 0 bridgehead atoms. The maximum Gasteiger partial charge on any atom is 0.330 e. The van der Waals surface area contributed by atoms with E-state index in [0.29, 0.717) is 6.54 Å². The Morgan fingerprint density at radius 2 is 2.25 bits per heavy atom. The van der Waals surface area contributed by atoms with Crippen LogP contribution in [0.1, 0.15) is 11.3 Å². The second-order valence-corrected chi connectivity index (χ2v) is 3.78. The molecule has 0 spiro atoms. The maximum atomic E-state index is 11.6. The summed E-state index contributed by atoms with van der Waals surface area (Å²) in [4.78, 5) is 14.3. The smallest absolute Gasteiger partial charge is 0.330 e. The van der Waals surface area contributed by atoms with Crippen LogP contribution in [0.5, 0.6) is 0 Å².